The first kappa shape index (κ1) is 15.2. The van der Waals surface area contributed by atoms with Gasteiger partial charge in [0.2, 0.25) is 15.9 Å². The highest BCUT2D eigenvalue weighted by atomic mass is 32.2. The van der Waals surface area contributed by atoms with Crippen LogP contribution >= 0.6 is 0 Å². The van der Waals surface area contributed by atoms with Gasteiger partial charge >= 0.3 is 0 Å². The molecule has 0 saturated heterocycles. The highest BCUT2D eigenvalue weighted by Crippen LogP contribution is 2.07. The molecule has 0 fully saturated rings. The molecule has 0 atom stereocenters. The number of amides is 1. The maximum atomic E-state index is 11.4. The summed E-state index contributed by atoms with van der Waals surface area (Å²) in [5.41, 5.74) is 7.04. The maximum absolute atomic E-state index is 11.4. The summed E-state index contributed by atoms with van der Waals surface area (Å²) in [5, 5.41) is 7.40. The number of nitrogens with two attached hydrogens (primary N) is 2. The fourth-order valence-electron chi connectivity index (χ4n) is 1.38. The Hall–Kier alpha value is -1.86. The number of carbonyl (C=O) groups is 1. The number of hydrogen-bond acceptors (Lipinski definition) is 4. The van der Waals surface area contributed by atoms with Gasteiger partial charge in [0.15, 0.2) is 0 Å². The Labute approximate surface area is 112 Å². The largest absolute Gasteiger partial charge is 0.399 e. The van der Waals surface area contributed by atoms with E-state index in [1.54, 1.807) is 24.3 Å². The number of rotatable bonds is 6. The first-order valence-corrected chi connectivity index (χ1v) is 7.40. The topological polar surface area (TPSA) is 115 Å². The Balaban J connectivity index is 2.35. The molecule has 7 heteroatoms. The number of benzene rings is 1. The molecule has 0 aromatic heterocycles. The summed E-state index contributed by atoms with van der Waals surface area (Å²) in [5.74, 6) is -0.441. The Kier molecular flexibility index (Phi) is 5.53. The number of nitrogens with one attached hydrogen (secondary N) is 1. The van der Waals surface area contributed by atoms with Gasteiger partial charge in [-0.3, -0.25) is 4.79 Å². The predicted molar refractivity (Wildman–Crippen MR) is 75.5 cm³/mol. The van der Waals surface area contributed by atoms with Crippen LogP contribution in [0, 0.1) is 0 Å². The summed E-state index contributed by atoms with van der Waals surface area (Å²) < 4.78 is 21.3. The predicted octanol–water partition coefficient (Wildman–Crippen LogP) is 0.0768. The molecule has 1 aromatic carbocycles. The van der Waals surface area contributed by atoms with Crippen molar-refractivity contribution in [1.29, 1.82) is 0 Å². The van der Waals surface area contributed by atoms with Crippen LogP contribution in [0.25, 0.3) is 6.08 Å². The second kappa shape index (κ2) is 6.91. The lowest BCUT2D eigenvalue weighted by atomic mass is 10.2. The molecule has 104 valence electrons. The van der Waals surface area contributed by atoms with Crippen LogP contribution in [0.15, 0.2) is 30.3 Å². The van der Waals surface area contributed by atoms with Crippen LogP contribution in [0.3, 0.4) is 0 Å². The van der Waals surface area contributed by atoms with Crippen LogP contribution in [0.4, 0.5) is 5.69 Å². The van der Waals surface area contributed by atoms with E-state index >= 15 is 0 Å². The van der Waals surface area contributed by atoms with Crippen molar-refractivity contribution in [2.45, 2.75) is 6.42 Å². The van der Waals surface area contributed by atoms with Crippen LogP contribution in [0.2, 0.25) is 0 Å². The van der Waals surface area contributed by atoms with Gasteiger partial charge in [0.1, 0.15) is 0 Å². The fourth-order valence-corrected chi connectivity index (χ4v) is 1.93. The molecule has 0 saturated carbocycles. The van der Waals surface area contributed by atoms with E-state index in [4.69, 9.17) is 10.9 Å². The summed E-state index contributed by atoms with van der Waals surface area (Å²) >= 11 is 0. The van der Waals surface area contributed by atoms with Crippen LogP contribution in [-0.2, 0) is 14.8 Å². The second-order valence-corrected chi connectivity index (χ2v) is 5.75. The first-order valence-electron chi connectivity index (χ1n) is 5.69. The average molecular weight is 283 g/mol. The Morgan fingerprint density at radius 2 is 2.11 bits per heavy atom. The van der Waals surface area contributed by atoms with Crippen LogP contribution in [0.1, 0.15) is 12.0 Å². The molecule has 0 spiro atoms. The number of sulfonamides is 1. The molecule has 0 aliphatic heterocycles. The molecule has 1 aromatic rings. The maximum Gasteiger partial charge on any atom is 0.243 e. The molecule has 1 rings (SSSR count). The fraction of sp³-hybridized carbons (Fsp3) is 0.250. The normalized spacial score (nSPS) is 11.6. The van der Waals surface area contributed by atoms with Gasteiger partial charge in [-0.15, -0.1) is 0 Å². The zero-order chi connectivity index (χ0) is 14.3. The van der Waals surface area contributed by atoms with Gasteiger partial charge in [0.25, 0.3) is 0 Å². The molecule has 0 aliphatic carbocycles. The molecule has 1 amide bonds. The minimum absolute atomic E-state index is 0.147. The zero-order valence-corrected chi connectivity index (χ0v) is 11.2. The molecule has 0 radical (unpaired) electrons. The van der Waals surface area contributed by atoms with E-state index < -0.39 is 10.0 Å². The first-order chi connectivity index (χ1) is 8.87. The molecule has 0 unspecified atom stereocenters. The van der Waals surface area contributed by atoms with Gasteiger partial charge < -0.3 is 11.1 Å². The minimum atomic E-state index is -3.47. The van der Waals surface area contributed by atoms with Gasteiger partial charge in [-0.25, -0.2) is 13.6 Å². The Morgan fingerprint density at radius 1 is 1.37 bits per heavy atom. The molecule has 5 N–H and O–H groups in total. The average Bonchev–Trinajstić information content (AvgIpc) is 2.31. The van der Waals surface area contributed by atoms with E-state index in [0.717, 1.165) is 5.56 Å². The summed E-state index contributed by atoms with van der Waals surface area (Å²) in [6.07, 6.45) is 3.29. The van der Waals surface area contributed by atoms with Crippen molar-refractivity contribution >= 4 is 27.7 Å². The van der Waals surface area contributed by atoms with Crippen molar-refractivity contribution in [2.75, 3.05) is 18.0 Å². The third kappa shape index (κ3) is 7.22. The van der Waals surface area contributed by atoms with Crippen molar-refractivity contribution in [2.24, 2.45) is 5.14 Å². The standard InChI is InChI=1S/C12H17N3O3S/c13-11-4-1-3-10(9-11)5-6-12(16)15-7-2-8-19(14,17)18/h1,3-6,9H,2,7-8,13H2,(H,15,16)(H2,14,17,18)/b6-5+. The van der Waals surface area contributed by atoms with Crippen LogP contribution < -0.4 is 16.2 Å². The summed E-state index contributed by atoms with van der Waals surface area (Å²) in [4.78, 5) is 11.4. The van der Waals surface area contributed by atoms with E-state index in [0.29, 0.717) is 5.69 Å². The molecular weight excluding hydrogens is 266 g/mol. The molecule has 0 bridgehead atoms. The monoisotopic (exact) mass is 283 g/mol. The van der Waals surface area contributed by atoms with E-state index in [1.165, 1.54) is 6.08 Å². The van der Waals surface area contributed by atoms with E-state index in [-0.39, 0.29) is 24.6 Å². The van der Waals surface area contributed by atoms with Crippen molar-refractivity contribution in [3.63, 3.8) is 0 Å². The van der Waals surface area contributed by atoms with Gasteiger partial charge in [0.05, 0.1) is 5.75 Å². The Morgan fingerprint density at radius 3 is 2.74 bits per heavy atom. The third-order valence-corrected chi connectivity index (χ3v) is 3.10. The van der Waals surface area contributed by atoms with Crippen LogP contribution in [-0.4, -0.2) is 26.6 Å². The highest BCUT2D eigenvalue weighted by molar-refractivity contribution is 7.89. The minimum Gasteiger partial charge on any atom is -0.399 e. The van der Waals surface area contributed by atoms with E-state index in [2.05, 4.69) is 5.32 Å². The van der Waals surface area contributed by atoms with E-state index in [1.807, 2.05) is 6.07 Å². The molecule has 6 nitrogen and oxygen atoms in total. The summed E-state index contributed by atoms with van der Waals surface area (Å²) in [7, 11) is -3.47. The number of primary sulfonamides is 1. The summed E-state index contributed by atoms with van der Waals surface area (Å²) in [6.45, 7) is 0.260. The third-order valence-electron chi connectivity index (χ3n) is 2.24. The summed E-state index contributed by atoms with van der Waals surface area (Å²) in [6, 6.07) is 7.11. The van der Waals surface area contributed by atoms with Crippen molar-refractivity contribution < 1.29 is 13.2 Å². The lowest BCUT2D eigenvalue weighted by Gasteiger charge is -2.01. The van der Waals surface area contributed by atoms with Crippen molar-refractivity contribution in [1.82, 2.24) is 5.32 Å². The Bertz CT molecular complexity index is 567. The van der Waals surface area contributed by atoms with E-state index in [9.17, 15) is 13.2 Å². The smallest absolute Gasteiger partial charge is 0.243 e. The number of carbonyl (C=O) groups excluding carboxylic acids is 1. The molecule has 0 heterocycles. The number of nitrogen functional groups attached to an aromatic ring is 1. The van der Waals surface area contributed by atoms with Crippen LogP contribution in [0.5, 0.6) is 0 Å². The van der Waals surface area contributed by atoms with Crippen molar-refractivity contribution in [3.05, 3.63) is 35.9 Å². The lowest BCUT2D eigenvalue weighted by molar-refractivity contribution is -0.116. The molecule has 0 aliphatic rings. The second-order valence-electron chi connectivity index (χ2n) is 4.02. The van der Waals surface area contributed by atoms with Gasteiger partial charge in [-0.2, -0.15) is 0 Å². The number of hydrogen-bond donors (Lipinski definition) is 3. The SMILES string of the molecule is Nc1cccc(/C=C/C(=O)NCCCS(N)(=O)=O)c1. The molecular formula is C12H17N3O3S. The zero-order valence-electron chi connectivity index (χ0n) is 10.4. The molecule has 19 heavy (non-hydrogen) atoms. The van der Waals surface area contributed by atoms with Gasteiger partial charge in [0, 0.05) is 18.3 Å². The van der Waals surface area contributed by atoms with Crippen molar-refractivity contribution in [3.8, 4) is 0 Å². The highest BCUT2D eigenvalue weighted by Gasteiger charge is 2.02. The number of anilines is 1. The van der Waals surface area contributed by atoms with Gasteiger partial charge in [-0.1, -0.05) is 12.1 Å². The van der Waals surface area contributed by atoms with Gasteiger partial charge in [-0.05, 0) is 30.2 Å². The lowest BCUT2D eigenvalue weighted by Crippen LogP contribution is -2.25. The quantitative estimate of drug-likeness (QED) is 0.389.